The smallest absolute Gasteiger partial charge is 0.306 e. The molecule has 0 aliphatic carbocycles. The molecule has 0 aromatic carbocycles. The van der Waals surface area contributed by atoms with Crippen LogP contribution < -0.4 is 0 Å². The van der Waals surface area contributed by atoms with Crippen molar-refractivity contribution >= 4 is 17.9 Å². The molecule has 0 heterocycles. The first-order chi connectivity index (χ1) is 29.5. The summed E-state index contributed by atoms with van der Waals surface area (Å²) in [6, 6.07) is 0. The Balaban J connectivity index is 4.47. The molecule has 0 saturated heterocycles. The molecule has 342 valence electrons. The molecule has 0 bridgehead atoms. The summed E-state index contributed by atoms with van der Waals surface area (Å²) in [4.78, 5) is 37.8. The molecule has 1 unspecified atom stereocenters. The minimum absolute atomic E-state index is 0.111. The number of esters is 3. The molecule has 0 fully saturated rings. The van der Waals surface area contributed by atoms with Crippen molar-refractivity contribution in [1.29, 1.82) is 0 Å². The third kappa shape index (κ3) is 45.7. The van der Waals surface area contributed by atoms with Gasteiger partial charge in [0.15, 0.2) is 6.10 Å². The molecule has 1 atom stereocenters. The monoisotopic (exact) mass is 835 g/mol. The van der Waals surface area contributed by atoms with E-state index in [9.17, 15) is 14.4 Å². The second-order valence-electron chi connectivity index (χ2n) is 16.1. The molecule has 0 aliphatic rings. The van der Waals surface area contributed by atoms with Gasteiger partial charge in [0.2, 0.25) is 0 Å². The molecule has 60 heavy (non-hydrogen) atoms. The van der Waals surface area contributed by atoms with Crippen LogP contribution in [0.2, 0.25) is 0 Å². The topological polar surface area (TPSA) is 78.9 Å². The Kier molecular flexibility index (Phi) is 45.5. The van der Waals surface area contributed by atoms with E-state index < -0.39 is 6.10 Å². The first kappa shape index (κ1) is 56.6. The Morgan fingerprint density at radius 3 is 1.13 bits per heavy atom. The van der Waals surface area contributed by atoms with Crippen LogP contribution in [0.5, 0.6) is 0 Å². The third-order valence-corrected chi connectivity index (χ3v) is 10.2. The van der Waals surface area contributed by atoms with Crippen LogP contribution in [-0.4, -0.2) is 37.2 Å². The van der Waals surface area contributed by atoms with Crippen molar-refractivity contribution in [2.24, 2.45) is 0 Å². The molecule has 0 aliphatic heterocycles. The lowest BCUT2D eigenvalue weighted by Gasteiger charge is -2.18. The van der Waals surface area contributed by atoms with Gasteiger partial charge in [0.05, 0.1) is 0 Å². The van der Waals surface area contributed by atoms with E-state index in [1.807, 2.05) is 54.7 Å². The van der Waals surface area contributed by atoms with Gasteiger partial charge < -0.3 is 14.2 Å². The average Bonchev–Trinajstić information content (AvgIpc) is 3.24. The zero-order valence-electron chi connectivity index (χ0n) is 38.9. The zero-order valence-corrected chi connectivity index (χ0v) is 38.9. The van der Waals surface area contributed by atoms with Crippen molar-refractivity contribution in [2.75, 3.05) is 13.2 Å². The lowest BCUT2D eigenvalue weighted by Crippen LogP contribution is -2.30. The van der Waals surface area contributed by atoms with Gasteiger partial charge in [-0.3, -0.25) is 14.4 Å². The summed E-state index contributed by atoms with van der Waals surface area (Å²) in [5.41, 5.74) is 0. The average molecular weight is 835 g/mol. The predicted octanol–water partition coefficient (Wildman–Crippen LogP) is 16.0. The first-order valence-electron chi connectivity index (χ1n) is 24.7. The van der Waals surface area contributed by atoms with Crippen LogP contribution in [0.15, 0.2) is 85.1 Å². The maximum atomic E-state index is 12.7. The Labute approximate surface area is 369 Å². The normalized spacial score (nSPS) is 12.8. The number of unbranched alkanes of at least 4 members (excludes halogenated alkanes) is 22. The molecule has 0 spiro atoms. The summed E-state index contributed by atoms with van der Waals surface area (Å²) in [5.74, 6) is -1.00. The van der Waals surface area contributed by atoms with Gasteiger partial charge in [0.1, 0.15) is 13.2 Å². The molecular weight excluding hydrogens is 745 g/mol. The zero-order chi connectivity index (χ0) is 43.7. The summed E-state index contributed by atoms with van der Waals surface area (Å²) in [6.07, 6.45) is 61.4. The number of hydrogen-bond acceptors (Lipinski definition) is 6. The molecular formula is C54H90O6. The number of carbonyl (C=O) groups is 3. The number of ether oxygens (including phenoxy) is 3. The van der Waals surface area contributed by atoms with Gasteiger partial charge in [0.25, 0.3) is 0 Å². The number of allylic oxidation sites excluding steroid dienone is 14. The SMILES string of the molecule is CC\C=C/C=C\C=C/C=C\C=C/CCCC(=O)OC(COC(=O)CCCCCCC/C=C\CCCCC)COC(=O)CCCCCCCCC/C=C\CCCCCCCC. The van der Waals surface area contributed by atoms with E-state index in [2.05, 4.69) is 51.2 Å². The van der Waals surface area contributed by atoms with E-state index in [-0.39, 0.29) is 37.5 Å². The predicted molar refractivity (Wildman–Crippen MR) is 256 cm³/mol. The van der Waals surface area contributed by atoms with Gasteiger partial charge in [-0.1, -0.05) is 202 Å². The van der Waals surface area contributed by atoms with Crippen LogP contribution in [0.1, 0.15) is 220 Å². The quantitative estimate of drug-likeness (QED) is 0.0200. The fraction of sp³-hybridized carbons (Fsp3) is 0.685. The molecule has 0 N–H and O–H groups in total. The Bertz CT molecular complexity index is 1190. The fourth-order valence-electron chi connectivity index (χ4n) is 6.52. The second kappa shape index (κ2) is 48.3. The summed E-state index contributed by atoms with van der Waals surface area (Å²) in [6.45, 7) is 6.38. The van der Waals surface area contributed by atoms with E-state index in [0.717, 1.165) is 64.2 Å². The van der Waals surface area contributed by atoms with Crippen LogP contribution in [0, 0.1) is 0 Å². The number of carbonyl (C=O) groups excluding carboxylic acids is 3. The molecule has 0 radical (unpaired) electrons. The van der Waals surface area contributed by atoms with Crippen molar-refractivity contribution < 1.29 is 28.6 Å². The van der Waals surface area contributed by atoms with Crippen molar-refractivity contribution in [3.05, 3.63) is 85.1 Å². The lowest BCUT2D eigenvalue weighted by atomic mass is 10.1. The molecule has 0 amide bonds. The fourth-order valence-corrected chi connectivity index (χ4v) is 6.52. The van der Waals surface area contributed by atoms with Crippen LogP contribution >= 0.6 is 0 Å². The highest BCUT2D eigenvalue weighted by Gasteiger charge is 2.19. The molecule has 0 saturated carbocycles. The Hall–Kier alpha value is -3.41. The molecule has 0 aromatic rings. The van der Waals surface area contributed by atoms with Crippen LogP contribution in [0.3, 0.4) is 0 Å². The number of rotatable bonds is 43. The highest BCUT2D eigenvalue weighted by molar-refractivity contribution is 5.71. The maximum absolute atomic E-state index is 12.7. The van der Waals surface area contributed by atoms with Crippen molar-refractivity contribution in [1.82, 2.24) is 0 Å². The van der Waals surface area contributed by atoms with Gasteiger partial charge >= 0.3 is 17.9 Å². The standard InChI is InChI=1S/C54H90O6/c1-4-7-10-13-16-19-22-25-26-27-28-30-32-35-38-41-44-47-53(56)59-50-51(49-58-52(55)46-43-40-37-34-31-24-21-18-15-12-9-6-3)60-54(57)48-45-42-39-36-33-29-23-20-17-14-11-8-5-2/h8,11,14,17-18,20-21,23,25-26,29,33,36,39,51H,4-7,9-10,12-13,15-16,19,22,24,27-28,30-32,34-35,37-38,40-50H2,1-3H3/b11-8-,17-14-,21-18-,23-20-,26-25-,33-29-,39-36-. The Morgan fingerprint density at radius 2 is 0.683 bits per heavy atom. The van der Waals surface area contributed by atoms with E-state index in [1.54, 1.807) is 0 Å². The van der Waals surface area contributed by atoms with Gasteiger partial charge in [-0.15, -0.1) is 0 Å². The summed E-state index contributed by atoms with van der Waals surface area (Å²) < 4.78 is 16.7. The highest BCUT2D eigenvalue weighted by atomic mass is 16.6. The van der Waals surface area contributed by atoms with E-state index >= 15 is 0 Å². The lowest BCUT2D eigenvalue weighted by molar-refractivity contribution is -0.167. The molecule has 0 aromatic heterocycles. The van der Waals surface area contributed by atoms with Crippen molar-refractivity contribution in [3.63, 3.8) is 0 Å². The summed E-state index contributed by atoms with van der Waals surface area (Å²) in [7, 11) is 0. The van der Waals surface area contributed by atoms with Gasteiger partial charge in [-0.2, -0.15) is 0 Å². The van der Waals surface area contributed by atoms with E-state index in [4.69, 9.17) is 14.2 Å². The van der Waals surface area contributed by atoms with Gasteiger partial charge in [0, 0.05) is 19.3 Å². The summed E-state index contributed by atoms with van der Waals surface area (Å²) in [5, 5.41) is 0. The maximum Gasteiger partial charge on any atom is 0.306 e. The van der Waals surface area contributed by atoms with E-state index in [0.29, 0.717) is 19.3 Å². The second-order valence-corrected chi connectivity index (χ2v) is 16.1. The minimum atomic E-state index is -0.817. The van der Waals surface area contributed by atoms with Crippen LogP contribution in [-0.2, 0) is 28.6 Å². The van der Waals surface area contributed by atoms with Crippen LogP contribution in [0.25, 0.3) is 0 Å². The van der Waals surface area contributed by atoms with Crippen molar-refractivity contribution in [2.45, 2.75) is 226 Å². The van der Waals surface area contributed by atoms with Crippen LogP contribution in [0.4, 0.5) is 0 Å². The van der Waals surface area contributed by atoms with Gasteiger partial charge in [-0.05, 0) is 83.5 Å². The van der Waals surface area contributed by atoms with E-state index in [1.165, 1.54) is 109 Å². The van der Waals surface area contributed by atoms with Crippen molar-refractivity contribution in [3.8, 4) is 0 Å². The third-order valence-electron chi connectivity index (χ3n) is 10.2. The molecule has 6 heteroatoms. The number of hydrogen-bond donors (Lipinski definition) is 0. The van der Waals surface area contributed by atoms with Gasteiger partial charge in [-0.25, -0.2) is 0 Å². The Morgan fingerprint density at radius 1 is 0.350 bits per heavy atom. The highest BCUT2D eigenvalue weighted by Crippen LogP contribution is 2.13. The first-order valence-corrected chi connectivity index (χ1v) is 24.7. The molecule has 0 rings (SSSR count). The summed E-state index contributed by atoms with van der Waals surface area (Å²) >= 11 is 0. The largest absolute Gasteiger partial charge is 0.462 e. The minimum Gasteiger partial charge on any atom is -0.462 e. The molecule has 6 nitrogen and oxygen atoms in total.